The van der Waals surface area contributed by atoms with Gasteiger partial charge in [0.05, 0.1) is 11.5 Å². The summed E-state index contributed by atoms with van der Waals surface area (Å²) in [7, 11) is -4.25. The third-order valence-corrected chi connectivity index (χ3v) is 4.17. The van der Waals surface area contributed by atoms with Gasteiger partial charge in [0.2, 0.25) is 0 Å². The van der Waals surface area contributed by atoms with E-state index in [0.717, 1.165) is 37.8 Å². The molecule has 1 aromatic carbocycles. The van der Waals surface area contributed by atoms with E-state index in [1.54, 1.807) is 0 Å². The smallest absolute Gasteiger partial charge is 0.434 e. The predicted octanol–water partition coefficient (Wildman–Crippen LogP) is 3.28. The van der Waals surface area contributed by atoms with Crippen molar-refractivity contribution in [1.29, 1.82) is 0 Å². The van der Waals surface area contributed by atoms with Crippen molar-refractivity contribution in [3.63, 3.8) is 0 Å². The summed E-state index contributed by atoms with van der Waals surface area (Å²) in [4.78, 5) is 11.3. The molecule has 125 valence electrons. The fourth-order valence-corrected chi connectivity index (χ4v) is 2.37. The zero-order valence-corrected chi connectivity index (χ0v) is 16.6. The second kappa shape index (κ2) is 11.0. The van der Waals surface area contributed by atoms with Crippen LogP contribution in [0.15, 0.2) is 29.2 Å². The van der Waals surface area contributed by atoms with Gasteiger partial charge < -0.3 is 9.47 Å². The maximum atomic E-state index is 11.6. The molecule has 0 aromatic heterocycles. The number of hydrogen-bond donors (Lipinski definition) is 1. The molecule has 1 aromatic rings. The van der Waals surface area contributed by atoms with Gasteiger partial charge in [-0.25, -0.2) is 4.79 Å². The SMILES string of the molecule is CCCCC(CC)COC(=O)Oc1ccc(S(=O)(=O)O)cc1.[Na]. The van der Waals surface area contributed by atoms with E-state index in [-0.39, 0.29) is 40.2 Å². The molecule has 0 spiro atoms. The first-order valence-electron chi connectivity index (χ1n) is 7.29. The van der Waals surface area contributed by atoms with E-state index in [1.807, 2.05) is 6.92 Å². The molecule has 23 heavy (non-hydrogen) atoms. The Morgan fingerprint density at radius 2 is 1.83 bits per heavy atom. The van der Waals surface area contributed by atoms with Gasteiger partial charge in [-0.2, -0.15) is 8.42 Å². The topological polar surface area (TPSA) is 89.9 Å². The van der Waals surface area contributed by atoms with Crippen molar-refractivity contribution in [3.8, 4) is 5.75 Å². The van der Waals surface area contributed by atoms with Crippen LogP contribution in [0.4, 0.5) is 4.79 Å². The summed E-state index contributed by atoms with van der Waals surface area (Å²) < 4.78 is 40.6. The number of ether oxygens (including phenoxy) is 2. The Labute approximate surface area is 159 Å². The molecule has 0 heterocycles. The minimum absolute atomic E-state index is 0. The first-order valence-corrected chi connectivity index (χ1v) is 8.73. The molecule has 0 aliphatic heterocycles. The largest absolute Gasteiger partial charge is 0.513 e. The number of carbonyl (C=O) groups excluding carboxylic acids is 1. The minimum atomic E-state index is -4.25. The molecule has 0 saturated carbocycles. The fraction of sp³-hybridized carbons (Fsp3) is 0.533. The Bertz CT molecular complexity index is 570. The number of rotatable bonds is 8. The Kier molecular flexibility index (Phi) is 10.8. The van der Waals surface area contributed by atoms with Gasteiger partial charge in [-0.05, 0) is 36.6 Å². The van der Waals surface area contributed by atoms with Crippen molar-refractivity contribution in [2.45, 2.75) is 44.4 Å². The number of benzene rings is 1. The molecule has 0 fully saturated rings. The molecule has 1 radical (unpaired) electrons. The van der Waals surface area contributed by atoms with Gasteiger partial charge >= 0.3 is 6.16 Å². The van der Waals surface area contributed by atoms with Crippen molar-refractivity contribution in [2.24, 2.45) is 5.92 Å². The quantitative estimate of drug-likeness (QED) is 0.334. The standard InChI is InChI=1S/C15H22O6S.Na/c1-3-5-6-12(4-2)11-20-15(16)21-13-7-9-14(10-8-13)22(17,18)19;/h7-10,12H,3-6,11H2,1-2H3,(H,17,18,19);. The van der Waals surface area contributed by atoms with Crippen molar-refractivity contribution < 1.29 is 27.2 Å². The van der Waals surface area contributed by atoms with E-state index in [9.17, 15) is 13.2 Å². The maximum absolute atomic E-state index is 11.6. The van der Waals surface area contributed by atoms with Crippen LogP contribution in [0.1, 0.15) is 39.5 Å². The maximum Gasteiger partial charge on any atom is 0.513 e. The van der Waals surface area contributed by atoms with Crippen LogP contribution in [0.5, 0.6) is 5.75 Å². The molecule has 0 bridgehead atoms. The summed E-state index contributed by atoms with van der Waals surface area (Å²) in [6.07, 6.45) is 3.30. The molecular formula is C15H22NaO6S. The first-order chi connectivity index (χ1) is 10.4. The molecular weight excluding hydrogens is 331 g/mol. The van der Waals surface area contributed by atoms with E-state index in [0.29, 0.717) is 12.5 Å². The Hall–Kier alpha value is -0.600. The number of unbranched alkanes of at least 4 members (excludes halogenated alkanes) is 1. The Morgan fingerprint density at radius 3 is 2.30 bits per heavy atom. The van der Waals surface area contributed by atoms with Crippen LogP contribution in [-0.2, 0) is 14.9 Å². The minimum Gasteiger partial charge on any atom is -0.434 e. The summed E-state index contributed by atoms with van der Waals surface area (Å²) in [5.41, 5.74) is 0. The molecule has 1 atom stereocenters. The molecule has 0 aliphatic rings. The van der Waals surface area contributed by atoms with Crippen LogP contribution in [0.2, 0.25) is 0 Å². The van der Waals surface area contributed by atoms with Crippen molar-refractivity contribution in [1.82, 2.24) is 0 Å². The summed E-state index contributed by atoms with van der Waals surface area (Å²) in [5.74, 6) is 0.466. The van der Waals surface area contributed by atoms with Crippen molar-refractivity contribution in [3.05, 3.63) is 24.3 Å². The molecule has 0 amide bonds. The van der Waals surface area contributed by atoms with Crippen LogP contribution in [-0.4, -0.2) is 55.3 Å². The third kappa shape index (κ3) is 8.72. The summed E-state index contributed by atoms with van der Waals surface area (Å²) in [5, 5.41) is 0. The zero-order chi connectivity index (χ0) is 16.6. The van der Waals surface area contributed by atoms with Crippen LogP contribution in [0, 0.1) is 5.92 Å². The van der Waals surface area contributed by atoms with Gasteiger partial charge in [0, 0.05) is 29.6 Å². The molecule has 0 aliphatic carbocycles. The van der Waals surface area contributed by atoms with E-state index in [1.165, 1.54) is 12.1 Å². The Morgan fingerprint density at radius 1 is 1.22 bits per heavy atom. The van der Waals surface area contributed by atoms with Crippen molar-refractivity contribution >= 4 is 45.8 Å². The molecule has 8 heteroatoms. The van der Waals surface area contributed by atoms with Crippen LogP contribution >= 0.6 is 0 Å². The van der Waals surface area contributed by atoms with Gasteiger partial charge in [0.1, 0.15) is 5.75 Å². The Balaban J connectivity index is 0.00000484. The summed E-state index contributed by atoms with van der Waals surface area (Å²) >= 11 is 0. The zero-order valence-electron chi connectivity index (χ0n) is 13.8. The predicted molar refractivity (Wildman–Crippen MR) is 87.3 cm³/mol. The second-order valence-electron chi connectivity index (χ2n) is 5.03. The average molecular weight is 353 g/mol. The fourth-order valence-electron chi connectivity index (χ4n) is 1.89. The molecule has 1 N–H and O–H groups in total. The monoisotopic (exact) mass is 353 g/mol. The van der Waals surface area contributed by atoms with Crippen LogP contribution < -0.4 is 4.74 Å². The molecule has 0 saturated heterocycles. The van der Waals surface area contributed by atoms with Crippen LogP contribution in [0.25, 0.3) is 0 Å². The van der Waals surface area contributed by atoms with Gasteiger partial charge in [-0.15, -0.1) is 0 Å². The first kappa shape index (κ1) is 22.4. The van der Waals surface area contributed by atoms with E-state index in [4.69, 9.17) is 14.0 Å². The van der Waals surface area contributed by atoms with Gasteiger partial charge in [0.25, 0.3) is 10.1 Å². The molecule has 1 unspecified atom stereocenters. The number of hydrogen-bond acceptors (Lipinski definition) is 5. The second-order valence-corrected chi connectivity index (χ2v) is 6.45. The molecule has 1 rings (SSSR count). The average Bonchev–Trinajstić information content (AvgIpc) is 2.47. The third-order valence-electron chi connectivity index (χ3n) is 3.30. The normalized spacial score (nSPS) is 12.1. The number of carbonyl (C=O) groups is 1. The van der Waals surface area contributed by atoms with Gasteiger partial charge in [0.15, 0.2) is 0 Å². The van der Waals surface area contributed by atoms with E-state index >= 15 is 0 Å². The van der Waals surface area contributed by atoms with E-state index in [2.05, 4.69) is 6.92 Å². The summed E-state index contributed by atoms with van der Waals surface area (Å²) in [6, 6.07) is 4.85. The van der Waals surface area contributed by atoms with Crippen molar-refractivity contribution in [2.75, 3.05) is 6.61 Å². The van der Waals surface area contributed by atoms with Gasteiger partial charge in [-0.1, -0.05) is 33.1 Å². The molecule has 6 nitrogen and oxygen atoms in total. The van der Waals surface area contributed by atoms with Crippen LogP contribution in [0.3, 0.4) is 0 Å². The van der Waals surface area contributed by atoms with E-state index < -0.39 is 16.3 Å². The van der Waals surface area contributed by atoms with Gasteiger partial charge in [-0.3, -0.25) is 4.55 Å². The summed E-state index contributed by atoms with van der Waals surface area (Å²) in [6.45, 7) is 4.46.